The third-order valence-corrected chi connectivity index (χ3v) is 4.40. The topological polar surface area (TPSA) is 74.8 Å². The molecule has 0 unspecified atom stereocenters. The van der Waals surface area contributed by atoms with Gasteiger partial charge in [0.1, 0.15) is 0 Å². The van der Waals surface area contributed by atoms with E-state index < -0.39 is 0 Å². The second kappa shape index (κ2) is 12.7. The number of halogens is 1. The molecule has 3 N–H and O–H groups in total. The second-order valence-electron chi connectivity index (χ2n) is 6.93. The van der Waals surface area contributed by atoms with Crippen LogP contribution in [0.4, 0.5) is 0 Å². The average Bonchev–Trinajstić information content (AvgIpc) is 2.95. The second-order valence-corrected chi connectivity index (χ2v) is 6.93. The minimum atomic E-state index is -0.0530. The highest BCUT2D eigenvalue weighted by molar-refractivity contribution is 14.0. The summed E-state index contributed by atoms with van der Waals surface area (Å²) in [6, 6.07) is 0. The van der Waals surface area contributed by atoms with Crippen molar-refractivity contribution in [2.75, 3.05) is 40.4 Å². The lowest BCUT2D eigenvalue weighted by atomic mass is 9.78. The Morgan fingerprint density at radius 2 is 1.88 bits per heavy atom. The highest BCUT2D eigenvalue weighted by atomic mass is 127. The Kier molecular flexibility index (Phi) is 12.4. The summed E-state index contributed by atoms with van der Waals surface area (Å²) >= 11 is 0. The number of carbonyl (C=O) groups excluding carboxylic acids is 1. The lowest BCUT2D eigenvalue weighted by Crippen LogP contribution is -2.46. The van der Waals surface area contributed by atoms with Gasteiger partial charge in [0.2, 0.25) is 5.91 Å². The predicted molar refractivity (Wildman–Crippen MR) is 110 cm³/mol. The molecule has 1 rings (SSSR count). The minimum absolute atomic E-state index is 0. The van der Waals surface area contributed by atoms with Crippen LogP contribution >= 0.6 is 24.0 Å². The molecule has 142 valence electrons. The third kappa shape index (κ3) is 9.05. The summed E-state index contributed by atoms with van der Waals surface area (Å²) in [5, 5.41) is 9.28. The van der Waals surface area contributed by atoms with Crippen LogP contribution in [0.2, 0.25) is 0 Å². The zero-order valence-corrected chi connectivity index (χ0v) is 17.9. The van der Waals surface area contributed by atoms with E-state index >= 15 is 0 Å². The monoisotopic (exact) mass is 454 g/mol. The molecule has 0 heterocycles. The minimum Gasteiger partial charge on any atom is -0.383 e. The fraction of sp³-hybridized carbons (Fsp3) is 0.882. The first-order valence-electron chi connectivity index (χ1n) is 8.71. The smallest absolute Gasteiger partial charge is 0.239 e. The lowest BCUT2D eigenvalue weighted by Gasteiger charge is -2.31. The van der Waals surface area contributed by atoms with Crippen LogP contribution in [0.1, 0.15) is 46.0 Å². The summed E-state index contributed by atoms with van der Waals surface area (Å²) in [7, 11) is 3.36. The third-order valence-electron chi connectivity index (χ3n) is 4.40. The van der Waals surface area contributed by atoms with Crippen LogP contribution in [-0.2, 0) is 9.53 Å². The van der Waals surface area contributed by atoms with Gasteiger partial charge in [-0.1, -0.05) is 26.7 Å². The molecule has 0 radical (unpaired) electrons. The van der Waals surface area contributed by atoms with Crippen molar-refractivity contribution in [2.24, 2.45) is 16.3 Å². The number of guanidine groups is 1. The lowest BCUT2D eigenvalue weighted by molar-refractivity contribution is -0.120. The number of aliphatic imine (C=N–C) groups is 1. The van der Waals surface area contributed by atoms with Gasteiger partial charge in [0.05, 0.1) is 13.2 Å². The fourth-order valence-corrected chi connectivity index (χ4v) is 3.45. The average molecular weight is 454 g/mol. The maximum atomic E-state index is 11.7. The first-order chi connectivity index (χ1) is 11.0. The van der Waals surface area contributed by atoms with Gasteiger partial charge in [0, 0.05) is 27.2 Å². The molecule has 1 aliphatic carbocycles. The Morgan fingerprint density at radius 1 is 1.21 bits per heavy atom. The van der Waals surface area contributed by atoms with E-state index in [9.17, 15) is 4.79 Å². The number of rotatable bonds is 9. The van der Waals surface area contributed by atoms with Gasteiger partial charge in [-0.2, -0.15) is 0 Å². The molecule has 24 heavy (non-hydrogen) atoms. The van der Waals surface area contributed by atoms with Crippen molar-refractivity contribution in [1.29, 1.82) is 0 Å². The Morgan fingerprint density at radius 3 is 2.42 bits per heavy atom. The molecule has 0 aliphatic heterocycles. The summed E-state index contributed by atoms with van der Waals surface area (Å²) in [4.78, 5) is 15.9. The molecule has 0 bridgehead atoms. The van der Waals surface area contributed by atoms with Crippen molar-refractivity contribution in [3.05, 3.63) is 0 Å². The van der Waals surface area contributed by atoms with Crippen molar-refractivity contribution in [3.8, 4) is 0 Å². The Bertz CT molecular complexity index is 383. The molecular formula is C17H35IN4O2. The van der Waals surface area contributed by atoms with Gasteiger partial charge in [-0.05, 0) is 30.6 Å². The van der Waals surface area contributed by atoms with E-state index in [1.807, 2.05) is 0 Å². The molecule has 0 aromatic rings. The fourth-order valence-electron chi connectivity index (χ4n) is 3.45. The standard InChI is InChI=1S/C17H34N4O2.HI/c1-14(2)11-17(7-5-6-8-17)13-21-16(18-3)20-12-15(22)19-9-10-23-4;/h14H,5-13H2,1-4H3,(H,19,22)(H2,18,20,21);1H. The molecule has 0 aromatic heterocycles. The first-order valence-corrected chi connectivity index (χ1v) is 8.71. The normalized spacial score (nSPS) is 16.6. The predicted octanol–water partition coefficient (Wildman–Crippen LogP) is 2.14. The van der Waals surface area contributed by atoms with Gasteiger partial charge in [0.15, 0.2) is 5.96 Å². The molecular weight excluding hydrogens is 419 g/mol. The van der Waals surface area contributed by atoms with Crippen molar-refractivity contribution >= 4 is 35.8 Å². The van der Waals surface area contributed by atoms with Crippen LogP contribution in [0, 0.1) is 11.3 Å². The maximum absolute atomic E-state index is 11.7. The highest BCUT2D eigenvalue weighted by Crippen LogP contribution is 2.42. The molecule has 0 spiro atoms. The molecule has 0 saturated heterocycles. The van der Waals surface area contributed by atoms with E-state index in [0.29, 0.717) is 30.4 Å². The van der Waals surface area contributed by atoms with Crippen LogP contribution in [0.3, 0.4) is 0 Å². The number of ether oxygens (including phenoxy) is 1. The number of amides is 1. The first kappa shape index (κ1) is 23.4. The summed E-state index contributed by atoms with van der Waals surface area (Å²) in [5.74, 6) is 1.35. The van der Waals surface area contributed by atoms with Crippen LogP contribution in [0.25, 0.3) is 0 Å². The summed E-state index contributed by atoms with van der Waals surface area (Å²) in [5.41, 5.74) is 0.381. The molecule has 1 saturated carbocycles. The number of methoxy groups -OCH3 is 1. The summed E-state index contributed by atoms with van der Waals surface area (Å²) < 4.78 is 4.91. The Labute approximate surface area is 164 Å². The summed E-state index contributed by atoms with van der Waals surface area (Å²) in [6.45, 7) is 6.78. The molecule has 0 atom stereocenters. The van der Waals surface area contributed by atoms with Crippen LogP contribution in [-0.4, -0.2) is 52.3 Å². The van der Waals surface area contributed by atoms with Crippen LogP contribution in [0.5, 0.6) is 0 Å². The van der Waals surface area contributed by atoms with Gasteiger partial charge in [0.25, 0.3) is 0 Å². The summed E-state index contributed by atoms with van der Waals surface area (Å²) in [6.07, 6.45) is 6.46. The number of nitrogens with one attached hydrogen (secondary N) is 3. The number of nitrogens with zero attached hydrogens (tertiary/aromatic N) is 1. The zero-order valence-electron chi connectivity index (χ0n) is 15.6. The van der Waals surface area contributed by atoms with Crippen molar-refractivity contribution in [3.63, 3.8) is 0 Å². The van der Waals surface area contributed by atoms with E-state index in [1.165, 1.54) is 32.1 Å². The molecule has 0 aromatic carbocycles. The van der Waals surface area contributed by atoms with Gasteiger partial charge >= 0.3 is 0 Å². The SMILES string of the molecule is CN=C(NCC(=O)NCCOC)NCC1(CC(C)C)CCCC1.I. The number of hydrogen-bond donors (Lipinski definition) is 3. The van der Waals surface area contributed by atoms with Gasteiger partial charge in [-0.3, -0.25) is 9.79 Å². The Balaban J connectivity index is 0.00000529. The Hall–Kier alpha value is -0.570. The highest BCUT2D eigenvalue weighted by Gasteiger charge is 2.34. The van der Waals surface area contributed by atoms with Gasteiger partial charge < -0.3 is 20.7 Å². The molecule has 6 nitrogen and oxygen atoms in total. The van der Waals surface area contributed by atoms with E-state index in [-0.39, 0.29) is 36.4 Å². The number of carbonyl (C=O) groups is 1. The van der Waals surface area contributed by atoms with E-state index in [2.05, 4.69) is 34.8 Å². The largest absolute Gasteiger partial charge is 0.383 e. The van der Waals surface area contributed by atoms with E-state index in [0.717, 1.165) is 6.54 Å². The zero-order chi connectivity index (χ0) is 17.1. The molecule has 7 heteroatoms. The molecule has 1 fully saturated rings. The van der Waals surface area contributed by atoms with Crippen molar-refractivity contribution < 1.29 is 9.53 Å². The van der Waals surface area contributed by atoms with E-state index in [1.54, 1.807) is 14.2 Å². The maximum Gasteiger partial charge on any atom is 0.239 e. The molecule has 1 amide bonds. The van der Waals surface area contributed by atoms with Crippen molar-refractivity contribution in [1.82, 2.24) is 16.0 Å². The van der Waals surface area contributed by atoms with Gasteiger partial charge in [-0.25, -0.2) is 0 Å². The van der Waals surface area contributed by atoms with E-state index in [4.69, 9.17) is 4.74 Å². The number of hydrogen-bond acceptors (Lipinski definition) is 3. The van der Waals surface area contributed by atoms with Crippen LogP contribution in [0.15, 0.2) is 4.99 Å². The van der Waals surface area contributed by atoms with Gasteiger partial charge in [-0.15, -0.1) is 24.0 Å². The molecule has 1 aliphatic rings. The van der Waals surface area contributed by atoms with Crippen LogP contribution < -0.4 is 16.0 Å². The van der Waals surface area contributed by atoms with Crippen molar-refractivity contribution in [2.45, 2.75) is 46.0 Å². The quantitative estimate of drug-likeness (QED) is 0.216.